The van der Waals surface area contributed by atoms with E-state index >= 15 is 0 Å². The quantitative estimate of drug-likeness (QED) is 0.0576. The number of aliphatic imine (C=N–C) groups is 2. The van der Waals surface area contributed by atoms with Gasteiger partial charge in [0.25, 0.3) is 0 Å². The Balaban J connectivity index is 2.15. The Hall–Kier alpha value is -3.74. The average Bonchev–Trinajstić information content (AvgIpc) is 3.29. The molecule has 0 aromatic heterocycles. The highest BCUT2D eigenvalue weighted by molar-refractivity contribution is 5.79. The minimum atomic E-state index is -0.551. The van der Waals surface area contributed by atoms with Crippen LogP contribution in [0.25, 0.3) is 0 Å². The molecule has 1 aromatic carbocycles. The number of carbonyl (C=O) groups is 2. The van der Waals surface area contributed by atoms with Gasteiger partial charge in [-0.25, -0.2) is 0 Å². The third-order valence-corrected chi connectivity index (χ3v) is 7.77. The van der Waals surface area contributed by atoms with Crippen molar-refractivity contribution in [2.75, 3.05) is 26.7 Å². The molecule has 242 valence electrons. The summed E-state index contributed by atoms with van der Waals surface area (Å²) in [6, 6.07) is 3.58. The number of unbranched alkanes of at least 4 members (excludes halogenated alkanes) is 2. The average molecular weight is 606 g/mol. The molecule has 0 radical (unpaired) electrons. The number of likely N-dealkylation sites (tertiary alicyclic amines) is 1. The van der Waals surface area contributed by atoms with E-state index in [1.165, 1.54) is 14.0 Å². The van der Waals surface area contributed by atoms with Gasteiger partial charge in [-0.1, -0.05) is 32.3 Å². The normalized spacial score (nSPS) is 16.8. The van der Waals surface area contributed by atoms with Crippen LogP contribution in [0.3, 0.4) is 0 Å². The molecule has 2 rings (SSSR count). The van der Waals surface area contributed by atoms with Crippen molar-refractivity contribution in [2.45, 2.75) is 90.4 Å². The first-order chi connectivity index (χ1) is 20.4. The molecule has 1 aromatic rings. The smallest absolute Gasteiger partial charge is 0.302 e. The molecule has 1 saturated heterocycles. The summed E-state index contributed by atoms with van der Waals surface area (Å²) in [6.45, 7) is 4.86. The van der Waals surface area contributed by atoms with E-state index in [4.69, 9.17) is 32.4 Å². The number of ether oxygens (including phenoxy) is 2. The number of hydrogen-bond donors (Lipinski definition) is 6. The van der Waals surface area contributed by atoms with E-state index in [0.717, 1.165) is 24.8 Å². The van der Waals surface area contributed by atoms with E-state index < -0.39 is 18.2 Å². The highest BCUT2D eigenvalue weighted by Gasteiger charge is 2.35. The first kappa shape index (κ1) is 35.5. The molecular weight excluding hydrogens is 554 g/mol. The summed E-state index contributed by atoms with van der Waals surface area (Å²) in [5.41, 5.74) is 23.4. The van der Waals surface area contributed by atoms with E-state index in [-0.39, 0.29) is 42.0 Å². The van der Waals surface area contributed by atoms with E-state index in [1.54, 1.807) is 11.0 Å². The SMILES string of the molecule is CCCCC[C@H](O)C[C@@H](CCc1cc(CN2C[C@@H]([C@H](CCN=C(N)N)CN=C(N)N)CC2=O)c(O)c(OC)c1)OC(C)=O. The van der Waals surface area contributed by atoms with Crippen LogP contribution in [0.15, 0.2) is 22.1 Å². The zero-order valence-electron chi connectivity index (χ0n) is 25.8. The Kier molecular flexibility index (Phi) is 14.9. The maximum absolute atomic E-state index is 13.1. The van der Waals surface area contributed by atoms with Crippen molar-refractivity contribution in [3.8, 4) is 11.5 Å². The van der Waals surface area contributed by atoms with Gasteiger partial charge in [0.1, 0.15) is 6.10 Å². The van der Waals surface area contributed by atoms with Crippen LogP contribution in [-0.4, -0.2) is 77.9 Å². The van der Waals surface area contributed by atoms with Crippen LogP contribution in [0.1, 0.15) is 76.3 Å². The fraction of sp³-hybridized carbons (Fsp3) is 0.667. The molecule has 1 aliphatic heterocycles. The predicted octanol–water partition coefficient (Wildman–Crippen LogP) is 1.50. The number of nitrogens with zero attached hydrogens (tertiary/aromatic N) is 3. The maximum atomic E-state index is 13.1. The topological polar surface area (TPSA) is 225 Å². The molecule has 0 aliphatic carbocycles. The summed E-state index contributed by atoms with van der Waals surface area (Å²) >= 11 is 0. The number of guanidine groups is 2. The second-order valence-electron chi connectivity index (χ2n) is 11.3. The van der Waals surface area contributed by atoms with Crippen LogP contribution < -0.4 is 27.7 Å². The predicted molar refractivity (Wildman–Crippen MR) is 166 cm³/mol. The Morgan fingerprint density at radius 2 is 1.84 bits per heavy atom. The standard InChI is InChI=1S/C30H51N7O6/c1-4-5-6-7-24(39)15-25(43-19(2)38)9-8-20-12-23(28(41)26(13-20)42-3)18-37-17-22(14-27(37)40)21(16-36-30(33)34)10-11-35-29(31)32/h12-13,21-22,24-25,39,41H,4-11,14-18H2,1-3H3,(H4,31,32,35)(H4,33,34,36)/t21-,22+,24+,25-/m1/s1. The molecular formula is C30H51N7O6. The van der Waals surface area contributed by atoms with Crippen LogP contribution in [-0.2, 0) is 27.3 Å². The number of benzene rings is 1. The number of aryl methyl sites for hydroxylation is 1. The summed E-state index contributed by atoms with van der Waals surface area (Å²) in [7, 11) is 1.47. The van der Waals surface area contributed by atoms with Gasteiger partial charge in [-0.15, -0.1) is 0 Å². The number of hydrogen-bond acceptors (Lipinski definition) is 8. The molecule has 13 nitrogen and oxygen atoms in total. The Morgan fingerprint density at radius 1 is 1.12 bits per heavy atom. The zero-order chi connectivity index (χ0) is 31.9. The molecule has 4 atom stereocenters. The molecule has 43 heavy (non-hydrogen) atoms. The lowest BCUT2D eigenvalue weighted by Gasteiger charge is -2.23. The van der Waals surface area contributed by atoms with Gasteiger partial charge in [0, 0.05) is 51.5 Å². The summed E-state index contributed by atoms with van der Waals surface area (Å²) in [6.07, 6.45) is 4.98. The number of esters is 1. The van der Waals surface area contributed by atoms with Crippen LogP contribution in [0.5, 0.6) is 11.5 Å². The minimum Gasteiger partial charge on any atom is -0.504 e. The number of amides is 1. The number of aliphatic hydroxyl groups excluding tert-OH is 1. The van der Waals surface area contributed by atoms with Gasteiger partial charge in [0.15, 0.2) is 23.4 Å². The van der Waals surface area contributed by atoms with Crippen LogP contribution in [0, 0.1) is 11.8 Å². The number of methoxy groups -OCH3 is 1. The highest BCUT2D eigenvalue weighted by Crippen LogP contribution is 2.35. The van der Waals surface area contributed by atoms with Crippen molar-refractivity contribution in [3.05, 3.63) is 23.3 Å². The fourth-order valence-corrected chi connectivity index (χ4v) is 5.52. The van der Waals surface area contributed by atoms with Gasteiger partial charge in [-0.2, -0.15) is 0 Å². The number of nitrogens with two attached hydrogens (primary N) is 4. The van der Waals surface area contributed by atoms with Crippen molar-refractivity contribution < 1.29 is 29.3 Å². The van der Waals surface area contributed by atoms with Crippen molar-refractivity contribution >= 4 is 23.8 Å². The third-order valence-electron chi connectivity index (χ3n) is 7.77. The zero-order valence-corrected chi connectivity index (χ0v) is 25.8. The lowest BCUT2D eigenvalue weighted by atomic mass is 9.88. The van der Waals surface area contributed by atoms with E-state index in [0.29, 0.717) is 69.5 Å². The molecule has 10 N–H and O–H groups in total. The lowest BCUT2D eigenvalue weighted by molar-refractivity contribution is -0.148. The van der Waals surface area contributed by atoms with Crippen LogP contribution in [0.4, 0.5) is 0 Å². The molecule has 1 aliphatic rings. The van der Waals surface area contributed by atoms with Crippen molar-refractivity contribution in [3.63, 3.8) is 0 Å². The molecule has 0 saturated carbocycles. The van der Waals surface area contributed by atoms with Crippen molar-refractivity contribution in [1.29, 1.82) is 0 Å². The Bertz CT molecular complexity index is 1100. The first-order valence-electron chi connectivity index (χ1n) is 15.1. The number of carbonyl (C=O) groups excluding carboxylic acids is 2. The number of phenols is 1. The second kappa shape index (κ2) is 18.0. The Labute approximate surface area is 254 Å². The first-order valence-corrected chi connectivity index (χ1v) is 15.1. The summed E-state index contributed by atoms with van der Waals surface area (Å²) in [5, 5.41) is 21.4. The van der Waals surface area contributed by atoms with Gasteiger partial charge in [-0.3, -0.25) is 19.6 Å². The molecule has 13 heteroatoms. The largest absolute Gasteiger partial charge is 0.504 e. The minimum absolute atomic E-state index is 0.00338. The maximum Gasteiger partial charge on any atom is 0.302 e. The van der Waals surface area contributed by atoms with Gasteiger partial charge < -0.3 is 47.5 Å². The highest BCUT2D eigenvalue weighted by atomic mass is 16.5. The number of aliphatic hydroxyl groups is 1. The fourth-order valence-electron chi connectivity index (χ4n) is 5.52. The van der Waals surface area contributed by atoms with E-state index in [2.05, 4.69) is 16.9 Å². The van der Waals surface area contributed by atoms with E-state index in [9.17, 15) is 19.8 Å². The van der Waals surface area contributed by atoms with Gasteiger partial charge in [0.05, 0.1) is 13.2 Å². The van der Waals surface area contributed by atoms with Gasteiger partial charge >= 0.3 is 5.97 Å². The molecule has 1 amide bonds. The van der Waals surface area contributed by atoms with Gasteiger partial charge in [0.2, 0.25) is 5.91 Å². The summed E-state index contributed by atoms with van der Waals surface area (Å²) in [5.74, 6) is -0.252. The number of phenolic OH excluding ortho intramolecular Hbond substituents is 1. The second-order valence-corrected chi connectivity index (χ2v) is 11.3. The monoisotopic (exact) mass is 605 g/mol. The molecule has 0 bridgehead atoms. The Morgan fingerprint density at radius 3 is 2.47 bits per heavy atom. The van der Waals surface area contributed by atoms with Gasteiger partial charge in [-0.05, 0) is 49.1 Å². The molecule has 0 unspecified atom stereocenters. The lowest BCUT2D eigenvalue weighted by Crippen LogP contribution is -2.29. The summed E-state index contributed by atoms with van der Waals surface area (Å²) in [4.78, 5) is 34.7. The molecule has 0 spiro atoms. The van der Waals surface area contributed by atoms with Crippen molar-refractivity contribution in [1.82, 2.24) is 4.90 Å². The van der Waals surface area contributed by atoms with E-state index in [1.807, 2.05) is 6.07 Å². The third kappa shape index (κ3) is 12.6. The van der Waals surface area contributed by atoms with Crippen LogP contribution >= 0.6 is 0 Å². The van der Waals surface area contributed by atoms with Crippen LogP contribution in [0.2, 0.25) is 0 Å². The van der Waals surface area contributed by atoms with Crippen molar-refractivity contribution in [2.24, 2.45) is 44.8 Å². The number of rotatable bonds is 19. The summed E-state index contributed by atoms with van der Waals surface area (Å²) < 4.78 is 10.9. The molecule has 1 heterocycles. The molecule has 1 fully saturated rings. The number of aromatic hydroxyl groups is 1.